The van der Waals surface area contributed by atoms with Gasteiger partial charge in [0.2, 0.25) is 5.91 Å². The van der Waals surface area contributed by atoms with Crippen LogP contribution < -0.4 is 5.32 Å². The fourth-order valence-electron chi connectivity index (χ4n) is 1.92. The second kappa shape index (κ2) is 9.92. The summed E-state index contributed by atoms with van der Waals surface area (Å²) in [6.45, 7) is 7.88. The molecule has 0 aliphatic heterocycles. The standard InChI is InChI=1S/C16H23N3O2/c1-3-19(10-11-21-4-2)9-8-16(20)18-15-7-5-6-14(12-15)13-17/h5-7,12H,3-4,8-11H2,1-2H3,(H,18,20). The average Bonchev–Trinajstić information content (AvgIpc) is 2.51. The van der Waals surface area contributed by atoms with Crippen molar-refractivity contribution in [1.82, 2.24) is 4.90 Å². The Morgan fingerprint density at radius 2 is 2.19 bits per heavy atom. The molecule has 1 N–H and O–H groups in total. The zero-order valence-electron chi connectivity index (χ0n) is 12.8. The zero-order chi connectivity index (χ0) is 15.5. The highest BCUT2D eigenvalue weighted by Gasteiger charge is 2.07. The number of amides is 1. The van der Waals surface area contributed by atoms with E-state index >= 15 is 0 Å². The summed E-state index contributed by atoms with van der Waals surface area (Å²) in [6.07, 6.45) is 0.427. The van der Waals surface area contributed by atoms with Crippen LogP contribution >= 0.6 is 0 Å². The van der Waals surface area contributed by atoms with E-state index in [0.717, 1.165) is 13.1 Å². The van der Waals surface area contributed by atoms with Crippen LogP contribution in [0, 0.1) is 11.3 Å². The van der Waals surface area contributed by atoms with E-state index in [-0.39, 0.29) is 5.91 Å². The molecule has 1 aromatic rings. The molecule has 0 aromatic heterocycles. The molecule has 0 spiro atoms. The Morgan fingerprint density at radius 3 is 2.86 bits per heavy atom. The van der Waals surface area contributed by atoms with Gasteiger partial charge in [-0.05, 0) is 31.7 Å². The maximum Gasteiger partial charge on any atom is 0.225 e. The van der Waals surface area contributed by atoms with Crippen molar-refractivity contribution in [2.24, 2.45) is 0 Å². The molecule has 0 aliphatic carbocycles. The number of hydrogen-bond acceptors (Lipinski definition) is 4. The van der Waals surface area contributed by atoms with Crippen molar-refractivity contribution in [2.45, 2.75) is 20.3 Å². The highest BCUT2D eigenvalue weighted by molar-refractivity contribution is 5.90. The minimum absolute atomic E-state index is 0.0417. The summed E-state index contributed by atoms with van der Waals surface area (Å²) in [4.78, 5) is 14.1. The molecular weight excluding hydrogens is 266 g/mol. The number of nitrogens with zero attached hydrogens (tertiary/aromatic N) is 2. The Morgan fingerprint density at radius 1 is 1.38 bits per heavy atom. The van der Waals surface area contributed by atoms with Crippen LogP contribution in [-0.2, 0) is 9.53 Å². The van der Waals surface area contributed by atoms with Gasteiger partial charge in [-0.2, -0.15) is 5.26 Å². The summed E-state index contributed by atoms with van der Waals surface area (Å²) >= 11 is 0. The molecule has 1 amide bonds. The van der Waals surface area contributed by atoms with Crippen LogP contribution in [0.25, 0.3) is 0 Å². The first-order chi connectivity index (χ1) is 10.2. The summed E-state index contributed by atoms with van der Waals surface area (Å²) in [6, 6.07) is 8.98. The molecule has 0 unspecified atom stereocenters. The van der Waals surface area contributed by atoms with Crippen LogP contribution in [0.5, 0.6) is 0 Å². The lowest BCUT2D eigenvalue weighted by Gasteiger charge is -2.19. The number of hydrogen-bond donors (Lipinski definition) is 1. The van der Waals surface area contributed by atoms with E-state index in [1.807, 2.05) is 6.92 Å². The quantitative estimate of drug-likeness (QED) is 0.708. The van der Waals surface area contributed by atoms with Crippen molar-refractivity contribution in [2.75, 3.05) is 38.2 Å². The van der Waals surface area contributed by atoms with Gasteiger partial charge in [0.15, 0.2) is 0 Å². The average molecular weight is 289 g/mol. The Balaban J connectivity index is 2.37. The van der Waals surface area contributed by atoms with Gasteiger partial charge in [0.05, 0.1) is 18.2 Å². The molecular formula is C16H23N3O2. The maximum absolute atomic E-state index is 11.9. The number of rotatable bonds is 9. The van der Waals surface area contributed by atoms with Crippen molar-refractivity contribution in [1.29, 1.82) is 5.26 Å². The molecule has 0 saturated carbocycles. The van der Waals surface area contributed by atoms with E-state index in [4.69, 9.17) is 10.00 Å². The largest absolute Gasteiger partial charge is 0.380 e. The fraction of sp³-hybridized carbons (Fsp3) is 0.500. The first-order valence-electron chi connectivity index (χ1n) is 7.29. The number of benzene rings is 1. The molecule has 0 bridgehead atoms. The van der Waals surface area contributed by atoms with E-state index in [0.29, 0.717) is 37.4 Å². The Bertz CT molecular complexity index is 483. The number of carbonyl (C=O) groups excluding carboxylic acids is 1. The molecule has 114 valence electrons. The summed E-state index contributed by atoms with van der Waals surface area (Å²) in [5.41, 5.74) is 1.20. The van der Waals surface area contributed by atoms with Gasteiger partial charge in [-0.25, -0.2) is 0 Å². The molecule has 1 aromatic carbocycles. The van der Waals surface area contributed by atoms with Crippen LogP contribution in [0.3, 0.4) is 0 Å². The van der Waals surface area contributed by atoms with Crippen LogP contribution in [0.15, 0.2) is 24.3 Å². The molecule has 1 rings (SSSR count). The fourth-order valence-corrected chi connectivity index (χ4v) is 1.92. The van der Waals surface area contributed by atoms with Crippen LogP contribution in [-0.4, -0.2) is 43.7 Å². The second-order valence-corrected chi connectivity index (χ2v) is 4.62. The van der Waals surface area contributed by atoms with E-state index in [9.17, 15) is 4.79 Å². The first kappa shape index (κ1) is 17.2. The molecule has 21 heavy (non-hydrogen) atoms. The number of ether oxygens (including phenoxy) is 1. The van der Waals surface area contributed by atoms with Gasteiger partial charge < -0.3 is 15.0 Å². The minimum Gasteiger partial charge on any atom is -0.380 e. The molecule has 5 nitrogen and oxygen atoms in total. The third-order valence-electron chi connectivity index (χ3n) is 3.13. The van der Waals surface area contributed by atoms with Gasteiger partial charge in [0, 0.05) is 31.8 Å². The van der Waals surface area contributed by atoms with E-state index in [1.54, 1.807) is 24.3 Å². The lowest BCUT2D eigenvalue weighted by atomic mass is 10.2. The molecule has 0 saturated heterocycles. The molecule has 0 fully saturated rings. The SMILES string of the molecule is CCOCCN(CC)CCC(=O)Nc1cccc(C#N)c1. The maximum atomic E-state index is 11.9. The van der Waals surface area contributed by atoms with Crippen LogP contribution in [0.2, 0.25) is 0 Å². The van der Waals surface area contributed by atoms with Crippen molar-refractivity contribution in [3.63, 3.8) is 0 Å². The molecule has 5 heteroatoms. The van der Waals surface area contributed by atoms with E-state index in [2.05, 4.69) is 23.2 Å². The van der Waals surface area contributed by atoms with Gasteiger partial charge in [-0.1, -0.05) is 13.0 Å². The Labute approximate surface area is 126 Å². The predicted molar refractivity (Wildman–Crippen MR) is 83.0 cm³/mol. The molecule has 0 atom stereocenters. The molecule has 0 heterocycles. The van der Waals surface area contributed by atoms with Crippen LogP contribution in [0.4, 0.5) is 5.69 Å². The number of nitriles is 1. The van der Waals surface area contributed by atoms with Crippen LogP contribution in [0.1, 0.15) is 25.8 Å². The summed E-state index contributed by atoms with van der Waals surface area (Å²) in [5, 5.41) is 11.6. The van der Waals surface area contributed by atoms with E-state index < -0.39 is 0 Å². The number of carbonyl (C=O) groups is 1. The normalized spacial score (nSPS) is 10.4. The highest BCUT2D eigenvalue weighted by atomic mass is 16.5. The second-order valence-electron chi connectivity index (χ2n) is 4.62. The van der Waals surface area contributed by atoms with Crippen molar-refractivity contribution >= 4 is 11.6 Å². The number of nitrogens with one attached hydrogen (secondary N) is 1. The van der Waals surface area contributed by atoms with Gasteiger partial charge in [-0.15, -0.1) is 0 Å². The monoisotopic (exact) mass is 289 g/mol. The van der Waals surface area contributed by atoms with E-state index in [1.165, 1.54) is 0 Å². The third-order valence-corrected chi connectivity index (χ3v) is 3.13. The number of anilines is 1. The Kier molecular flexibility index (Phi) is 8.10. The molecule has 0 aliphatic rings. The zero-order valence-corrected chi connectivity index (χ0v) is 12.8. The summed E-state index contributed by atoms with van der Waals surface area (Å²) in [5.74, 6) is -0.0417. The predicted octanol–water partition coefficient (Wildman–Crippen LogP) is 2.25. The lowest BCUT2D eigenvalue weighted by Crippen LogP contribution is -2.30. The lowest BCUT2D eigenvalue weighted by molar-refractivity contribution is -0.116. The van der Waals surface area contributed by atoms with Gasteiger partial charge in [0.1, 0.15) is 0 Å². The third kappa shape index (κ3) is 6.89. The first-order valence-corrected chi connectivity index (χ1v) is 7.29. The van der Waals surface area contributed by atoms with Crippen molar-refractivity contribution in [3.8, 4) is 6.07 Å². The smallest absolute Gasteiger partial charge is 0.225 e. The van der Waals surface area contributed by atoms with Crippen molar-refractivity contribution < 1.29 is 9.53 Å². The Hall–Kier alpha value is -1.90. The topological polar surface area (TPSA) is 65.4 Å². The summed E-state index contributed by atoms with van der Waals surface area (Å²) in [7, 11) is 0. The summed E-state index contributed by atoms with van der Waals surface area (Å²) < 4.78 is 5.32. The molecule has 0 radical (unpaired) electrons. The highest BCUT2D eigenvalue weighted by Crippen LogP contribution is 2.10. The number of likely N-dealkylation sites (N-methyl/N-ethyl adjacent to an activating group) is 1. The minimum atomic E-state index is -0.0417. The van der Waals surface area contributed by atoms with Gasteiger partial charge in [-0.3, -0.25) is 4.79 Å². The van der Waals surface area contributed by atoms with Gasteiger partial charge >= 0.3 is 0 Å². The van der Waals surface area contributed by atoms with Crippen molar-refractivity contribution in [3.05, 3.63) is 29.8 Å². The van der Waals surface area contributed by atoms with Gasteiger partial charge in [0.25, 0.3) is 0 Å².